The molecule has 0 saturated carbocycles. The van der Waals surface area contributed by atoms with Crippen molar-refractivity contribution in [2.24, 2.45) is 5.41 Å². The number of rotatable bonds is 3. The third kappa shape index (κ3) is 3.61. The van der Waals surface area contributed by atoms with E-state index < -0.39 is 5.41 Å². The van der Waals surface area contributed by atoms with E-state index in [0.717, 1.165) is 4.88 Å². The molecule has 3 rings (SSSR count). The van der Waals surface area contributed by atoms with Crippen LogP contribution in [0.15, 0.2) is 54.0 Å². The third-order valence-corrected chi connectivity index (χ3v) is 4.69. The van der Waals surface area contributed by atoms with Gasteiger partial charge in [-0.1, -0.05) is 45.0 Å². The van der Waals surface area contributed by atoms with Crippen molar-refractivity contribution in [1.82, 2.24) is 4.98 Å². The number of benzene rings is 1. The largest absolute Gasteiger partial charge is 0.325 e. The van der Waals surface area contributed by atoms with Crippen molar-refractivity contribution in [1.29, 1.82) is 0 Å². The first kappa shape index (κ1) is 17.3. The van der Waals surface area contributed by atoms with Crippen molar-refractivity contribution >= 4 is 22.9 Å². The summed E-state index contributed by atoms with van der Waals surface area (Å²) in [6, 6.07) is 12.6. The predicted octanol–water partition coefficient (Wildman–Crippen LogP) is 5.60. The van der Waals surface area contributed by atoms with E-state index in [1.54, 1.807) is 30.5 Å². The molecule has 0 aliphatic heterocycles. The number of aromatic nitrogens is 1. The fraction of sp³-hybridized carbons (Fsp3) is 0.200. The summed E-state index contributed by atoms with van der Waals surface area (Å²) >= 11 is 1.47. The highest BCUT2D eigenvalue weighted by Crippen LogP contribution is 2.35. The number of thiophene rings is 1. The lowest BCUT2D eigenvalue weighted by Crippen LogP contribution is -2.27. The number of nitrogens with one attached hydrogen (secondary N) is 1. The Morgan fingerprint density at radius 2 is 1.84 bits per heavy atom. The summed E-state index contributed by atoms with van der Waals surface area (Å²) in [5, 5.41) is 4.80. The summed E-state index contributed by atoms with van der Waals surface area (Å²) < 4.78 is 15.1. The maximum Gasteiger partial charge on any atom is 0.229 e. The van der Waals surface area contributed by atoms with Gasteiger partial charge in [-0.2, -0.15) is 0 Å². The second-order valence-electron chi connectivity index (χ2n) is 6.75. The Hall–Kier alpha value is -2.53. The van der Waals surface area contributed by atoms with Gasteiger partial charge in [0.25, 0.3) is 0 Å². The number of amides is 1. The summed E-state index contributed by atoms with van der Waals surface area (Å²) in [4.78, 5) is 17.4. The zero-order valence-corrected chi connectivity index (χ0v) is 15.2. The van der Waals surface area contributed by atoms with Crippen molar-refractivity contribution in [3.05, 3.63) is 59.9 Å². The number of pyridine rings is 1. The number of para-hydroxylation sites is 1. The van der Waals surface area contributed by atoms with Crippen molar-refractivity contribution < 1.29 is 9.18 Å². The van der Waals surface area contributed by atoms with Gasteiger partial charge in [-0.25, -0.2) is 4.39 Å². The fourth-order valence-corrected chi connectivity index (χ4v) is 3.11. The van der Waals surface area contributed by atoms with E-state index in [0.29, 0.717) is 16.8 Å². The number of nitrogens with zero attached hydrogens (tertiary/aromatic N) is 1. The highest BCUT2D eigenvalue weighted by molar-refractivity contribution is 7.13. The van der Waals surface area contributed by atoms with Crippen LogP contribution in [0.5, 0.6) is 0 Å². The molecule has 0 unspecified atom stereocenters. The molecule has 0 aliphatic carbocycles. The second-order valence-corrected chi connectivity index (χ2v) is 7.70. The average Bonchev–Trinajstić information content (AvgIpc) is 3.09. The van der Waals surface area contributed by atoms with E-state index in [-0.39, 0.29) is 17.4 Å². The summed E-state index contributed by atoms with van der Waals surface area (Å²) in [6.45, 7) is 5.50. The van der Waals surface area contributed by atoms with Crippen LogP contribution in [-0.4, -0.2) is 10.9 Å². The lowest BCUT2D eigenvalue weighted by atomic mass is 9.95. The van der Waals surface area contributed by atoms with Crippen molar-refractivity contribution in [3.63, 3.8) is 0 Å². The predicted molar refractivity (Wildman–Crippen MR) is 101 cm³/mol. The molecular weight excluding hydrogens is 335 g/mol. The van der Waals surface area contributed by atoms with Crippen LogP contribution in [0, 0.1) is 11.2 Å². The summed E-state index contributed by atoms with van der Waals surface area (Å²) in [5.41, 5.74) is 1.32. The highest BCUT2D eigenvalue weighted by Gasteiger charge is 2.23. The van der Waals surface area contributed by atoms with Crippen molar-refractivity contribution in [2.45, 2.75) is 20.8 Å². The highest BCUT2D eigenvalue weighted by atomic mass is 32.1. The lowest BCUT2D eigenvalue weighted by molar-refractivity contribution is -0.123. The van der Waals surface area contributed by atoms with Crippen LogP contribution in [0.1, 0.15) is 20.8 Å². The molecule has 2 heterocycles. The molecule has 1 N–H and O–H groups in total. The zero-order valence-electron chi connectivity index (χ0n) is 14.3. The number of hydrogen-bond acceptors (Lipinski definition) is 3. The Bertz CT molecular complexity index is 898. The molecule has 5 heteroatoms. The van der Waals surface area contributed by atoms with E-state index in [4.69, 9.17) is 0 Å². The number of halogens is 1. The van der Waals surface area contributed by atoms with Crippen LogP contribution in [0.3, 0.4) is 0 Å². The number of carbonyl (C=O) groups is 1. The van der Waals surface area contributed by atoms with E-state index in [9.17, 15) is 4.79 Å². The molecule has 1 amide bonds. The molecule has 1 aromatic carbocycles. The van der Waals surface area contributed by atoms with Crippen LogP contribution in [0.4, 0.5) is 10.1 Å². The molecule has 0 spiro atoms. The van der Waals surface area contributed by atoms with Crippen molar-refractivity contribution in [3.8, 4) is 21.7 Å². The van der Waals surface area contributed by atoms with Gasteiger partial charge in [-0.3, -0.25) is 9.78 Å². The summed E-state index contributed by atoms with van der Waals surface area (Å²) in [6.07, 6.45) is 1.59. The molecule has 0 saturated heterocycles. The molecule has 0 fully saturated rings. The number of carbonyl (C=O) groups excluding carboxylic acids is 1. The minimum atomic E-state index is -0.544. The SMILES string of the molecule is CC(C)(C)C(=O)Nc1ccccc1-c1nccc(-c2cccs2)c1F. The minimum Gasteiger partial charge on any atom is -0.325 e. The summed E-state index contributed by atoms with van der Waals surface area (Å²) in [7, 11) is 0. The standard InChI is InChI=1S/C20H19FN2OS/c1-20(2,3)19(24)23-15-8-5-4-7-13(15)18-17(21)14(10-11-22-18)16-9-6-12-25-16/h4-12H,1-3H3,(H,23,24). The van der Waals surface area contributed by atoms with E-state index >= 15 is 4.39 Å². The first-order valence-electron chi connectivity index (χ1n) is 7.97. The maximum absolute atomic E-state index is 15.1. The average molecular weight is 354 g/mol. The Labute approximate surface area is 150 Å². The van der Waals surface area contributed by atoms with Crippen LogP contribution in [-0.2, 0) is 4.79 Å². The van der Waals surface area contributed by atoms with Gasteiger partial charge in [-0.05, 0) is 23.6 Å². The minimum absolute atomic E-state index is 0.130. The smallest absolute Gasteiger partial charge is 0.229 e. The van der Waals surface area contributed by atoms with Crippen LogP contribution < -0.4 is 5.32 Å². The third-order valence-electron chi connectivity index (χ3n) is 3.79. The van der Waals surface area contributed by atoms with Gasteiger partial charge < -0.3 is 5.32 Å². The van der Waals surface area contributed by atoms with Gasteiger partial charge in [0.2, 0.25) is 5.91 Å². The monoisotopic (exact) mass is 354 g/mol. The Balaban J connectivity index is 2.06. The van der Waals surface area contributed by atoms with Crippen LogP contribution in [0.2, 0.25) is 0 Å². The molecular formula is C20H19FN2OS. The van der Waals surface area contributed by atoms with Crippen LogP contribution >= 0.6 is 11.3 Å². The molecule has 0 aliphatic rings. The van der Waals surface area contributed by atoms with E-state index in [2.05, 4.69) is 10.3 Å². The normalized spacial score (nSPS) is 11.4. The molecule has 0 atom stereocenters. The Morgan fingerprint density at radius 3 is 2.52 bits per heavy atom. The maximum atomic E-state index is 15.1. The molecule has 25 heavy (non-hydrogen) atoms. The Kier molecular flexibility index (Phi) is 4.68. The fourth-order valence-electron chi connectivity index (χ4n) is 2.36. The molecule has 2 aromatic heterocycles. The van der Waals surface area contributed by atoms with Gasteiger partial charge in [0.15, 0.2) is 5.82 Å². The quantitative estimate of drug-likeness (QED) is 0.665. The van der Waals surface area contributed by atoms with Gasteiger partial charge in [0, 0.05) is 27.6 Å². The molecule has 128 valence electrons. The van der Waals surface area contributed by atoms with Crippen molar-refractivity contribution in [2.75, 3.05) is 5.32 Å². The van der Waals surface area contributed by atoms with Gasteiger partial charge in [0.1, 0.15) is 5.69 Å². The van der Waals surface area contributed by atoms with Crippen LogP contribution in [0.25, 0.3) is 21.7 Å². The van der Waals surface area contributed by atoms with E-state index in [1.165, 1.54) is 11.3 Å². The zero-order chi connectivity index (χ0) is 18.0. The molecule has 0 radical (unpaired) electrons. The first-order valence-corrected chi connectivity index (χ1v) is 8.85. The summed E-state index contributed by atoms with van der Waals surface area (Å²) in [5.74, 6) is -0.517. The van der Waals surface area contributed by atoms with Gasteiger partial charge in [0.05, 0.1) is 5.69 Å². The van der Waals surface area contributed by atoms with Gasteiger partial charge in [-0.15, -0.1) is 11.3 Å². The first-order chi connectivity index (χ1) is 11.9. The van der Waals surface area contributed by atoms with E-state index in [1.807, 2.05) is 44.4 Å². The molecule has 0 bridgehead atoms. The number of anilines is 1. The lowest BCUT2D eigenvalue weighted by Gasteiger charge is -2.19. The molecule has 3 aromatic rings. The van der Waals surface area contributed by atoms with Gasteiger partial charge >= 0.3 is 0 Å². The second kappa shape index (κ2) is 6.76. The molecule has 3 nitrogen and oxygen atoms in total. The number of hydrogen-bond donors (Lipinski definition) is 1. The Morgan fingerprint density at radius 1 is 1.08 bits per heavy atom. The topological polar surface area (TPSA) is 42.0 Å².